The molecule has 0 saturated heterocycles. The summed E-state index contributed by atoms with van der Waals surface area (Å²) >= 11 is 0. The van der Waals surface area contributed by atoms with E-state index in [4.69, 9.17) is 0 Å². The number of carboxylic acids is 1. The largest absolute Gasteiger partial charge is 0.478 e. The molecular formula is C57H56N4O2. The summed E-state index contributed by atoms with van der Waals surface area (Å²) in [7, 11) is 0. The van der Waals surface area contributed by atoms with Gasteiger partial charge in [0.2, 0.25) is 0 Å². The Kier molecular flexibility index (Phi) is 10.1. The fraction of sp³-hybridized carbons (Fsp3) is 0.211. The van der Waals surface area contributed by atoms with Crippen LogP contribution in [0.15, 0.2) is 91.0 Å². The second-order valence-electron chi connectivity index (χ2n) is 18.2. The monoisotopic (exact) mass is 828 g/mol. The highest BCUT2D eigenvalue weighted by atomic mass is 16.4. The predicted octanol–water partition coefficient (Wildman–Crippen LogP) is 9.71. The average molecular weight is 829 g/mol. The lowest BCUT2D eigenvalue weighted by Crippen LogP contribution is -2.21. The molecule has 316 valence electrons. The molecule has 0 atom stereocenters. The summed E-state index contributed by atoms with van der Waals surface area (Å²) in [4.78, 5) is 29.1. The molecule has 1 aliphatic rings. The number of fused-ring (bicyclic) bond motifs is 8. The van der Waals surface area contributed by atoms with Crippen LogP contribution in [0, 0.1) is 83.1 Å². The molecule has 0 radical (unpaired) electrons. The standard InChI is InChI=1S/C57H56N4O2/c1-28-19-32(5)48(33(6)20-28)40-27-47-54(57(62)63)45-17-15-43(59-45)52(49-34(7)21-29(2)22-35(49)8)41-13-14-42(58-41)53(50-36(9)23-30(3)24-37(50)10)44-16-18-46(60-44)55(56(40)61-47)51-38(11)25-31(4)26-39(51)12/h13-27,58-61H,1-12H3,(H,62,63). The Labute approximate surface area is 369 Å². The van der Waals surface area contributed by atoms with Crippen molar-refractivity contribution >= 4 is 28.3 Å². The van der Waals surface area contributed by atoms with E-state index in [1.54, 1.807) is 0 Å². The molecule has 0 amide bonds. The summed E-state index contributed by atoms with van der Waals surface area (Å²) in [6.45, 7) is 25.9. The second kappa shape index (κ2) is 15.4. The van der Waals surface area contributed by atoms with Crippen LogP contribution >= 0.6 is 0 Å². The van der Waals surface area contributed by atoms with Crippen LogP contribution in [-0.4, -0.2) is 31.0 Å². The number of nitrogens with one attached hydrogen (secondary N) is 4. The van der Waals surface area contributed by atoms with Crippen LogP contribution in [0.25, 0.3) is 33.4 Å². The Balaban J connectivity index is 1.55. The zero-order valence-electron chi connectivity index (χ0n) is 38.5. The van der Waals surface area contributed by atoms with E-state index in [9.17, 15) is 9.90 Å². The smallest absolute Gasteiger partial charge is 0.339 e. The number of aromatic nitrogens is 4. The quantitative estimate of drug-likeness (QED) is 0.119. The molecule has 0 aliphatic carbocycles. The molecule has 0 unspecified atom stereocenters. The predicted molar refractivity (Wildman–Crippen MR) is 258 cm³/mol. The number of carboxylic acid groups (broad SMARTS) is 1. The lowest BCUT2D eigenvalue weighted by molar-refractivity contribution is -0.130. The van der Waals surface area contributed by atoms with Gasteiger partial charge in [-0.15, -0.1) is 0 Å². The lowest BCUT2D eigenvalue weighted by Gasteiger charge is -2.18. The van der Waals surface area contributed by atoms with Gasteiger partial charge in [-0.2, -0.15) is 0 Å². The minimum atomic E-state index is -1.03. The fourth-order valence-electron chi connectivity index (χ4n) is 11.0. The van der Waals surface area contributed by atoms with Crippen molar-refractivity contribution in [2.75, 3.05) is 0 Å². The van der Waals surface area contributed by atoms with Gasteiger partial charge in [-0.25, -0.2) is 4.79 Å². The number of hydrogen-bond acceptors (Lipinski definition) is 1. The third kappa shape index (κ3) is 7.04. The minimum absolute atomic E-state index is 0.164. The number of H-pyrrole nitrogens is 4. The van der Waals surface area contributed by atoms with Crippen LogP contribution < -0.4 is 21.4 Å². The van der Waals surface area contributed by atoms with Crippen LogP contribution in [0.3, 0.4) is 0 Å². The Morgan fingerprint density at radius 3 is 1.10 bits per heavy atom. The van der Waals surface area contributed by atoms with Crippen LogP contribution in [0.1, 0.15) is 106 Å². The number of benzene rings is 4. The van der Waals surface area contributed by atoms with Gasteiger partial charge in [-0.05, 0) is 192 Å². The highest BCUT2D eigenvalue weighted by Gasteiger charge is 2.27. The molecule has 5 N–H and O–H groups in total. The summed E-state index contributed by atoms with van der Waals surface area (Å²) in [6, 6.07) is 32.6. The van der Waals surface area contributed by atoms with Gasteiger partial charge < -0.3 is 25.0 Å². The van der Waals surface area contributed by atoms with Gasteiger partial charge in [0.25, 0.3) is 0 Å². The Morgan fingerprint density at radius 2 is 0.698 bits per heavy atom. The summed E-state index contributed by atoms with van der Waals surface area (Å²) < 4.78 is 0. The molecule has 1 aliphatic heterocycles. The highest BCUT2D eigenvalue weighted by Crippen LogP contribution is 2.39. The van der Waals surface area contributed by atoms with Gasteiger partial charge in [0.05, 0.1) is 16.7 Å². The van der Waals surface area contributed by atoms with E-state index in [0.29, 0.717) is 11.0 Å². The molecule has 0 saturated carbocycles. The Morgan fingerprint density at radius 1 is 0.365 bits per heavy atom. The number of carbonyl (C=O) groups is 1. The zero-order chi connectivity index (χ0) is 44.8. The molecule has 8 aromatic rings. The van der Waals surface area contributed by atoms with Crippen molar-refractivity contribution in [2.45, 2.75) is 83.1 Å². The van der Waals surface area contributed by atoms with Gasteiger partial charge >= 0.3 is 5.97 Å². The van der Waals surface area contributed by atoms with Crippen LogP contribution in [0.2, 0.25) is 0 Å². The third-order valence-electron chi connectivity index (χ3n) is 13.0. The zero-order valence-corrected chi connectivity index (χ0v) is 38.5. The number of aliphatic carboxylic acids is 1. The Bertz CT molecular complexity index is 3410. The first-order valence-electron chi connectivity index (χ1n) is 21.9. The number of aryl methyl sites for hydroxylation is 12. The summed E-state index contributed by atoms with van der Waals surface area (Å²) in [5, 5.41) is 14.5. The van der Waals surface area contributed by atoms with E-state index in [2.05, 4.69) is 182 Å². The maximum absolute atomic E-state index is 13.8. The van der Waals surface area contributed by atoms with Crippen molar-refractivity contribution in [3.05, 3.63) is 219 Å². The number of hydrogen-bond donors (Lipinski definition) is 5. The first-order chi connectivity index (χ1) is 30.0. The Hall–Kier alpha value is -7.05. The first-order valence-corrected chi connectivity index (χ1v) is 21.9. The molecule has 63 heavy (non-hydrogen) atoms. The maximum atomic E-state index is 13.8. The van der Waals surface area contributed by atoms with Crippen molar-refractivity contribution < 1.29 is 9.90 Å². The van der Waals surface area contributed by atoms with E-state index in [1.807, 2.05) is 12.1 Å². The normalized spacial score (nSPS) is 12.8. The average Bonchev–Trinajstić information content (AvgIpc) is 4.01. The van der Waals surface area contributed by atoms with Crippen molar-refractivity contribution in [2.24, 2.45) is 0 Å². The van der Waals surface area contributed by atoms with E-state index in [1.165, 1.54) is 38.9 Å². The van der Waals surface area contributed by atoms with Crippen molar-refractivity contribution in [1.29, 1.82) is 0 Å². The fourth-order valence-corrected chi connectivity index (χ4v) is 11.0. The lowest BCUT2D eigenvalue weighted by atomic mass is 9.87. The van der Waals surface area contributed by atoms with E-state index in [-0.39, 0.29) is 5.57 Å². The van der Waals surface area contributed by atoms with Gasteiger partial charge in [0.1, 0.15) is 5.57 Å². The molecule has 5 heterocycles. The van der Waals surface area contributed by atoms with Gasteiger partial charge in [-0.1, -0.05) is 70.8 Å². The minimum Gasteiger partial charge on any atom is -0.478 e. The molecule has 4 aromatic carbocycles. The first kappa shape index (κ1) is 41.3. The second-order valence-corrected chi connectivity index (χ2v) is 18.2. The van der Waals surface area contributed by atoms with Crippen LogP contribution in [0.5, 0.6) is 0 Å². The molecule has 9 rings (SSSR count). The topological polar surface area (TPSA) is 100 Å². The molecule has 0 spiro atoms. The van der Waals surface area contributed by atoms with E-state index >= 15 is 0 Å². The highest BCUT2D eigenvalue weighted by molar-refractivity contribution is 6.15. The van der Waals surface area contributed by atoms with E-state index < -0.39 is 5.97 Å². The number of aromatic amines is 4. The molecular weight excluding hydrogens is 773 g/mol. The van der Waals surface area contributed by atoms with Crippen molar-refractivity contribution in [1.82, 2.24) is 19.9 Å². The maximum Gasteiger partial charge on any atom is 0.339 e. The molecule has 6 nitrogen and oxygen atoms in total. The molecule has 8 bridgehead atoms. The van der Waals surface area contributed by atoms with Gasteiger partial charge in [0, 0.05) is 49.7 Å². The van der Waals surface area contributed by atoms with E-state index in [0.717, 1.165) is 105 Å². The molecule has 6 heteroatoms. The summed E-state index contributed by atoms with van der Waals surface area (Å²) in [5.41, 5.74) is 25.8. The number of rotatable bonds is 5. The molecule has 0 fully saturated rings. The van der Waals surface area contributed by atoms with Crippen LogP contribution in [-0.2, 0) is 4.79 Å². The molecule has 4 aromatic heterocycles. The summed E-state index contributed by atoms with van der Waals surface area (Å²) in [5.74, 6) is -1.03. The van der Waals surface area contributed by atoms with Crippen molar-refractivity contribution in [3.63, 3.8) is 0 Å². The van der Waals surface area contributed by atoms with Gasteiger partial charge in [-0.3, -0.25) is 0 Å². The van der Waals surface area contributed by atoms with Crippen LogP contribution in [0.4, 0.5) is 0 Å². The third-order valence-corrected chi connectivity index (χ3v) is 13.0. The van der Waals surface area contributed by atoms with Gasteiger partial charge in [0.15, 0.2) is 0 Å². The summed E-state index contributed by atoms with van der Waals surface area (Å²) in [6.07, 6.45) is 0. The SMILES string of the molecule is Cc1cc(C)c(C2=c3ccc([nH]3)=C(C(=O)O)c3cc(-c4c(C)cc(C)cc4C)c([nH]3)C(c3c(C)cc(C)cc3C)=c3ccc([nH]3)=C(c3c(C)cc(C)cc3C)c3ccc2[nH]3)c(C)c1. The van der Waals surface area contributed by atoms with Crippen molar-refractivity contribution in [3.8, 4) is 11.1 Å².